The minimum absolute atomic E-state index is 0.375. The first-order valence-electron chi connectivity index (χ1n) is 8.07. The summed E-state index contributed by atoms with van der Waals surface area (Å²) in [5.41, 5.74) is 5.35. The van der Waals surface area contributed by atoms with Gasteiger partial charge in [-0.1, -0.05) is 54.9 Å². The van der Waals surface area contributed by atoms with Crippen LogP contribution >= 0.6 is 11.6 Å². The Bertz CT molecular complexity index is 717. The zero-order valence-corrected chi connectivity index (χ0v) is 13.5. The Kier molecular flexibility index (Phi) is 3.46. The molecule has 1 heterocycles. The third-order valence-electron chi connectivity index (χ3n) is 5.07. The second-order valence-corrected chi connectivity index (χ2v) is 6.74. The molecule has 4 rings (SSSR count). The first-order chi connectivity index (χ1) is 10.8. The molecule has 0 bridgehead atoms. The molecule has 0 spiro atoms. The van der Waals surface area contributed by atoms with Crippen molar-refractivity contribution < 1.29 is 0 Å². The standard InChI is InChI=1S/C20H20ClN/c1-2-13-6-8-14(9-7-13)20-17-5-3-4-16(17)18-12-15(21)10-11-19(18)22-20/h3-4,6-12,16-17,20,22H,2,5H2,1H3/t16-,17-,20+/m1/s1. The molecule has 112 valence electrons. The quantitative estimate of drug-likeness (QED) is 0.699. The van der Waals surface area contributed by atoms with Crippen molar-refractivity contribution in [1.82, 2.24) is 0 Å². The van der Waals surface area contributed by atoms with E-state index in [-0.39, 0.29) is 0 Å². The average molecular weight is 310 g/mol. The Hall–Kier alpha value is -1.73. The van der Waals surface area contributed by atoms with Crippen molar-refractivity contribution in [1.29, 1.82) is 0 Å². The van der Waals surface area contributed by atoms with Crippen molar-refractivity contribution in [2.75, 3.05) is 5.32 Å². The fourth-order valence-electron chi connectivity index (χ4n) is 3.86. The number of anilines is 1. The number of nitrogens with one attached hydrogen (secondary N) is 1. The summed E-state index contributed by atoms with van der Waals surface area (Å²) < 4.78 is 0. The van der Waals surface area contributed by atoms with E-state index in [9.17, 15) is 0 Å². The minimum atomic E-state index is 0.375. The monoisotopic (exact) mass is 309 g/mol. The van der Waals surface area contributed by atoms with E-state index in [0.717, 1.165) is 17.9 Å². The van der Waals surface area contributed by atoms with Crippen molar-refractivity contribution in [2.45, 2.75) is 31.7 Å². The number of hydrogen-bond donors (Lipinski definition) is 1. The molecule has 2 aromatic carbocycles. The van der Waals surface area contributed by atoms with E-state index in [1.54, 1.807) is 0 Å². The highest BCUT2D eigenvalue weighted by atomic mass is 35.5. The Morgan fingerprint density at radius 3 is 2.73 bits per heavy atom. The summed E-state index contributed by atoms with van der Waals surface area (Å²) in [5.74, 6) is 1.06. The first-order valence-corrected chi connectivity index (χ1v) is 8.45. The predicted molar refractivity (Wildman–Crippen MR) is 93.6 cm³/mol. The third kappa shape index (κ3) is 2.24. The molecule has 2 heteroatoms. The van der Waals surface area contributed by atoms with E-state index < -0.39 is 0 Å². The van der Waals surface area contributed by atoms with Crippen LogP contribution in [0.5, 0.6) is 0 Å². The summed E-state index contributed by atoms with van der Waals surface area (Å²) in [5, 5.41) is 4.58. The van der Waals surface area contributed by atoms with Gasteiger partial charge in [0.15, 0.2) is 0 Å². The molecule has 0 radical (unpaired) electrons. The number of benzene rings is 2. The van der Waals surface area contributed by atoms with Gasteiger partial charge in [0.2, 0.25) is 0 Å². The fourth-order valence-corrected chi connectivity index (χ4v) is 4.04. The minimum Gasteiger partial charge on any atom is -0.378 e. The van der Waals surface area contributed by atoms with Crippen molar-refractivity contribution >= 4 is 17.3 Å². The van der Waals surface area contributed by atoms with Gasteiger partial charge in [0, 0.05) is 16.6 Å². The number of rotatable bonds is 2. The SMILES string of the molecule is CCc1ccc([C@@H]2Nc3ccc(Cl)cc3[C@@H]3C=CC[C@H]32)cc1. The Morgan fingerprint density at radius 2 is 1.95 bits per heavy atom. The van der Waals surface area contributed by atoms with Crippen LogP contribution in [0.4, 0.5) is 5.69 Å². The molecule has 0 saturated carbocycles. The second kappa shape index (κ2) is 5.48. The second-order valence-electron chi connectivity index (χ2n) is 6.30. The molecule has 0 saturated heterocycles. The van der Waals surface area contributed by atoms with Crippen LogP contribution in [-0.2, 0) is 6.42 Å². The molecular formula is C20H20ClN. The number of allylic oxidation sites excluding steroid dienone is 2. The van der Waals surface area contributed by atoms with Gasteiger partial charge in [-0.15, -0.1) is 0 Å². The average Bonchev–Trinajstić information content (AvgIpc) is 3.04. The highest BCUT2D eigenvalue weighted by molar-refractivity contribution is 6.30. The van der Waals surface area contributed by atoms with Crippen molar-refractivity contribution in [3.63, 3.8) is 0 Å². The summed E-state index contributed by atoms with van der Waals surface area (Å²) in [4.78, 5) is 0. The maximum Gasteiger partial charge on any atom is 0.0553 e. The molecule has 1 nitrogen and oxygen atoms in total. The van der Waals surface area contributed by atoms with Gasteiger partial charge in [0.25, 0.3) is 0 Å². The lowest BCUT2D eigenvalue weighted by Gasteiger charge is -2.37. The third-order valence-corrected chi connectivity index (χ3v) is 5.31. The molecule has 2 aliphatic rings. The number of hydrogen-bond acceptors (Lipinski definition) is 1. The smallest absolute Gasteiger partial charge is 0.0553 e. The van der Waals surface area contributed by atoms with E-state index in [4.69, 9.17) is 11.6 Å². The highest BCUT2D eigenvalue weighted by Gasteiger charge is 2.37. The molecule has 2 aromatic rings. The molecule has 0 aromatic heterocycles. The van der Waals surface area contributed by atoms with Crippen LogP contribution in [0.1, 0.15) is 42.0 Å². The number of halogens is 1. The summed E-state index contributed by atoms with van der Waals surface area (Å²) >= 11 is 6.20. The zero-order chi connectivity index (χ0) is 15.1. The van der Waals surface area contributed by atoms with Gasteiger partial charge in [0.1, 0.15) is 0 Å². The zero-order valence-electron chi connectivity index (χ0n) is 12.7. The highest BCUT2D eigenvalue weighted by Crippen LogP contribution is 2.50. The Morgan fingerprint density at radius 1 is 1.14 bits per heavy atom. The Balaban J connectivity index is 1.74. The van der Waals surface area contributed by atoms with Crippen molar-refractivity contribution in [2.24, 2.45) is 5.92 Å². The molecule has 1 aliphatic carbocycles. The maximum absolute atomic E-state index is 6.20. The lowest BCUT2D eigenvalue weighted by atomic mass is 9.77. The van der Waals surface area contributed by atoms with E-state index in [0.29, 0.717) is 17.9 Å². The summed E-state index contributed by atoms with van der Waals surface area (Å²) in [7, 11) is 0. The van der Waals surface area contributed by atoms with Crippen LogP contribution in [0.25, 0.3) is 0 Å². The predicted octanol–water partition coefficient (Wildman–Crippen LogP) is 5.73. The van der Waals surface area contributed by atoms with Gasteiger partial charge in [0.05, 0.1) is 6.04 Å². The molecule has 1 N–H and O–H groups in total. The Labute approximate surface area is 137 Å². The van der Waals surface area contributed by atoms with E-state index >= 15 is 0 Å². The van der Waals surface area contributed by atoms with Gasteiger partial charge in [-0.2, -0.15) is 0 Å². The lowest BCUT2D eigenvalue weighted by molar-refractivity contribution is 0.425. The first kappa shape index (κ1) is 13.9. The van der Waals surface area contributed by atoms with Crippen LogP contribution in [0, 0.1) is 5.92 Å². The molecule has 22 heavy (non-hydrogen) atoms. The normalized spacial score (nSPS) is 25.5. The summed E-state index contributed by atoms with van der Waals surface area (Å²) in [6.45, 7) is 2.20. The number of fused-ring (bicyclic) bond motifs is 3. The molecule has 0 fully saturated rings. The molecule has 3 atom stereocenters. The van der Waals surface area contributed by atoms with E-state index in [2.05, 4.69) is 60.8 Å². The van der Waals surface area contributed by atoms with Crippen LogP contribution in [0.2, 0.25) is 5.02 Å². The van der Waals surface area contributed by atoms with Crippen LogP contribution in [-0.4, -0.2) is 0 Å². The van der Waals surface area contributed by atoms with Gasteiger partial charge >= 0.3 is 0 Å². The lowest BCUT2D eigenvalue weighted by Crippen LogP contribution is -2.29. The largest absolute Gasteiger partial charge is 0.378 e. The summed E-state index contributed by atoms with van der Waals surface area (Å²) in [6, 6.07) is 15.7. The van der Waals surface area contributed by atoms with Crippen LogP contribution in [0.3, 0.4) is 0 Å². The van der Waals surface area contributed by atoms with E-state index in [1.165, 1.54) is 22.4 Å². The van der Waals surface area contributed by atoms with Gasteiger partial charge in [-0.3, -0.25) is 0 Å². The van der Waals surface area contributed by atoms with Gasteiger partial charge in [-0.05, 0) is 53.6 Å². The van der Waals surface area contributed by atoms with Crippen LogP contribution < -0.4 is 5.32 Å². The van der Waals surface area contributed by atoms with Gasteiger partial charge < -0.3 is 5.32 Å². The van der Waals surface area contributed by atoms with Gasteiger partial charge in [-0.25, -0.2) is 0 Å². The molecular weight excluding hydrogens is 290 g/mol. The molecule has 1 aliphatic heterocycles. The van der Waals surface area contributed by atoms with Crippen molar-refractivity contribution in [3.8, 4) is 0 Å². The van der Waals surface area contributed by atoms with Crippen molar-refractivity contribution in [3.05, 3.63) is 76.3 Å². The van der Waals surface area contributed by atoms with E-state index in [1.807, 2.05) is 6.07 Å². The topological polar surface area (TPSA) is 12.0 Å². The maximum atomic E-state index is 6.20. The fraction of sp³-hybridized carbons (Fsp3) is 0.300. The van der Waals surface area contributed by atoms with Crippen LogP contribution in [0.15, 0.2) is 54.6 Å². The molecule has 0 unspecified atom stereocenters. The summed E-state index contributed by atoms with van der Waals surface area (Å²) in [6.07, 6.45) is 6.89. The molecule has 0 amide bonds. The number of aryl methyl sites for hydroxylation is 1.